The van der Waals surface area contributed by atoms with Crippen molar-refractivity contribution in [3.8, 4) is 5.75 Å². The average molecular weight is 481 g/mol. The molecule has 1 aliphatic carbocycles. The van der Waals surface area contributed by atoms with Crippen LogP contribution in [-0.4, -0.2) is 35.4 Å². The van der Waals surface area contributed by atoms with Crippen LogP contribution in [0.3, 0.4) is 0 Å². The van der Waals surface area contributed by atoms with Crippen molar-refractivity contribution in [2.45, 2.75) is 57.7 Å². The van der Waals surface area contributed by atoms with E-state index in [2.05, 4.69) is 5.32 Å². The van der Waals surface area contributed by atoms with Crippen LogP contribution in [-0.2, 0) is 16.1 Å². The van der Waals surface area contributed by atoms with E-state index >= 15 is 0 Å². The molecular formula is C24H27Cl2FN2O3. The van der Waals surface area contributed by atoms with Crippen LogP contribution in [0.5, 0.6) is 5.75 Å². The molecule has 0 spiro atoms. The molecule has 1 N–H and O–H groups in total. The fourth-order valence-electron chi connectivity index (χ4n) is 3.79. The third kappa shape index (κ3) is 6.36. The van der Waals surface area contributed by atoms with Gasteiger partial charge in [-0.05, 0) is 44.0 Å². The van der Waals surface area contributed by atoms with Gasteiger partial charge in [-0.15, -0.1) is 0 Å². The van der Waals surface area contributed by atoms with E-state index in [4.69, 9.17) is 27.9 Å². The number of amides is 2. The molecule has 1 saturated carbocycles. The summed E-state index contributed by atoms with van der Waals surface area (Å²) < 4.78 is 19.3. The number of hydrogen-bond donors (Lipinski definition) is 1. The Balaban J connectivity index is 1.77. The number of carbonyl (C=O) groups excluding carboxylic acids is 2. The van der Waals surface area contributed by atoms with Gasteiger partial charge < -0.3 is 15.0 Å². The first kappa shape index (κ1) is 24.3. The topological polar surface area (TPSA) is 58.6 Å². The Bertz CT molecular complexity index is 930. The second-order valence-electron chi connectivity index (χ2n) is 7.96. The van der Waals surface area contributed by atoms with Crippen LogP contribution in [0.25, 0.3) is 0 Å². The van der Waals surface area contributed by atoms with E-state index in [0.29, 0.717) is 15.6 Å². The van der Waals surface area contributed by atoms with Gasteiger partial charge in [-0.1, -0.05) is 60.7 Å². The summed E-state index contributed by atoms with van der Waals surface area (Å²) in [6.07, 6.45) is 5.19. The molecule has 1 atom stereocenters. The average Bonchev–Trinajstić information content (AvgIpc) is 2.78. The van der Waals surface area contributed by atoms with Crippen LogP contribution in [0.15, 0.2) is 42.5 Å². The molecule has 32 heavy (non-hydrogen) atoms. The van der Waals surface area contributed by atoms with Gasteiger partial charge in [-0.3, -0.25) is 9.59 Å². The zero-order chi connectivity index (χ0) is 23.1. The van der Waals surface area contributed by atoms with Gasteiger partial charge in [-0.2, -0.15) is 0 Å². The Labute approximate surface area is 197 Å². The van der Waals surface area contributed by atoms with Crippen LogP contribution < -0.4 is 10.1 Å². The predicted octanol–water partition coefficient (Wildman–Crippen LogP) is 5.38. The fraction of sp³-hybridized carbons (Fsp3) is 0.417. The van der Waals surface area contributed by atoms with Crippen molar-refractivity contribution in [1.29, 1.82) is 0 Å². The molecule has 1 fully saturated rings. The van der Waals surface area contributed by atoms with Gasteiger partial charge >= 0.3 is 0 Å². The molecule has 2 amide bonds. The Hall–Kier alpha value is -2.31. The standard InChI is InChI=1S/C24H27Cl2FN2O3/c1-16(24(31)28-17-8-3-2-4-9-17)29(14-18-19(25)10-7-11-20(18)26)23(30)15-32-22-13-6-5-12-21(22)27/h5-7,10-13,16-17H,2-4,8-9,14-15H2,1H3,(H,28,31)/t16-/m0/s1. The van der Waals surface area contributed by atoms with E-state index in [1.165, 1.54) is 29.5 Å². The monoisotopic (exact) mass is 480 g/mol. The third-order valence-electron chi connectivity index (χ3n) is 5.70. The minimum atomic E-state index is -0.791. The third-order valence-corrected chi connectivity index (χ3v) is 6.41. The molecule has 3 rings (SSSR count). The Morgan fingerprint density at radius 3 is 2.41 bits per heavy atom. The first-order valence-electron chi connectivity index (χ1n) is 10.8. The molecule has 0 bridgehead atoms. The van der Waals surface area contributed by atoms with E-state index in [-0.39, 0.29) is 24.2 Å². The number of rotatable bonds is 8. The highest BCUT2D eigenvalue weighted by Crippen LogP contribution is 2.27. The molecule has 0 saturated heterocycles. The van der Waals surface area contributed by atoms with E-state index in [0.717, 1.165) is 25.7 Å². The minimum absolute atomic E-state index is 0.0250. The van der Waals surface area contributed by atoms with Crippen LogP contribution in [0, 0.1) is 5.82 Å². The summed E-state index contributed by atoms with van der Waals surface area (Å²) in [5.41, 5.74) is 0.535. The van der Waals surface area contributed by atoms with Crippen LogP contribution >= 0.6 is 23.2 Å². The summed E-state index contributed by atoms with van der Waals surface area (Å²) in [6.45, 7) is 1.26. The van der Waals surface area contributed by atoms with Crippen molar-refractivity contribution in [3.05, 3.63) is 63.9 Å². The molecule has 0 unspecified atom stereocenters. The number of carbonyl (C=O) groups is 2. The molecule has 5 nitrogen and oxygen atoms in total. The highest BCUT2D eigenvalue weighted by molar-refractivity contribution is 6.36. The maximum absolute atomic E-state index is 13.9. The summed E-state index contributed by atoms with van der Waals surface area (Å²) in [7, 11) is 0. The summed E-state index contributed by atoms with van der Waals surface area (Å²) in [4.78, 5) is 27.4. The molecule has 1 aliphatic rings. The SMILES string of the molecule is C[C@@H](C(=O)NC1CCCCC1)N(Cc1c(Cl)cccc1Cl)C(=O)COc1ccccc1F. The summed E-state index contributed by atoms with van der Waals surface area (Å²) in [6, 6.07) is 10.2. The van der Waals surface area contributed by atoms with Crippen LogP contribution in [0.1, 0.15) is 44.6 Å². The molecule has 2 aromatic rings. The van der Waals surface area contributed by atoms with E-state index in [9.17, 15) is 14.0 Å². The van der Waals surface area contributed by atoms with Gasteiger partial charge in [0.15, 0.2) is 18.2 Å². The molecular weight excluding hydrogens is 454 g/mol. The molecule has 8 heteroatoms. The first-order chi connectivity index (χ1) is 15.4. The predicted molar refractivity (Wildman–Crippen MR) is 123 cm³/mol. The fourth-order valence-corrected chi connectivity index (χ4v) is 4.31. The van der Waals surface area contributed by atoms with Crippen molar-refractivity contribution in [1.82, 2.24) is 10.2 Å². The number of hydrogen-bond acceptors (Lipinski definition) is 3. The van der Waals surface area contributed by atoms with Crippen molar-refractivity contribution in [2.24, 2.45) is 0 Å². The van der Waals surface area contributed by atoms with E-state index < -0.39 is 24.4 Å². The molecule has 0 aromatic heterocycles. The van der Waals surface area contributed by atoms with Gasteiger partial charge in [0.05, 0.1) is 0 Å². The zero-order valence-corrected chi connectivity index (χ0v) is 19.5. The van der Waals surface area contributed by atoms with Crippen molar-refractivity contribution >= 4 is 35.0 Å². The van der Waals surface area contributed by atoms with Gasteiger partial charge in [0.25, 0.3) is 5.91 Å². The van der Waals surface area contributed by atoms with Crippen LogP contribution in [0.4, 0.5) is 4.39 Å². The summed E-state index contributed by atoms with van der Waals surface area (Å²) in [5.74, 6) is -1.32. The Kier molecular flexibility index (Phi) is 8.76. The minimum Gasteiger partial charge on any atom is -0.481 e. The number of nitrogens with one attached hydrogen (secondary N) is 1. The zero-order valence-electron chi connectivity index (χ0n) is 18.0. The van der Waals surface area contributed by atoms with Gasteiger partial charge in [0.2, 0.25) is 5.91 Å². The molecule has 0 aliphatic heterocycles. The van der Waals surface area contributed by atoms with Gasteiger partial charge in [0.1, 0.15) is 6.04 Å². The maximum Gasteiger partial charge on any atom is 0.261 e. The van der Waals surface area contributed by atoms with Gasteiger partial charge in [0, 0.05) is 28.2 Å². The first-order valence-corrected chi connectivity index (χ1v) is 11.5. The summed E-state index contributed by atoms with van der Waals surface area (Å²) >= 11 is 12.6. The number of halogens is 3. The second kappa shape index (κ2) is 11.5. The lowest BCUT2D eigenvalue weighted by molar-refractivity contribution is -0.142. The molecule has 2 aromatic carbocycles. The van der Waals surface area contributed by atoms with E-state index in [1.54, 1.807) is 31.2 Å². The molecule has 0 radical (unpaired) electrons. The van der Waals surface area contributed by atoms with E-state index in [1.807, 2.05) is 0 Å². The van der Waals surface area contributed by atoms with Crippen molar-refractivity contribution < 1.29 is 18.7 Å². The molecule has 0 heterocycles. The maximum atomic E-state index is 13.9. The lowest BCUT2D eigenvalue weighted by Crippen LogP contribution is -2.51. The highest BCUT2D eigenvalue weighted by Gasteiger charge is 2.29. The quantitative estimate of drug-likeness (QED) is 0.551. The lowest BCUT2D eigenvalue weighted by Gasteiger charge is -2.31. The number of ether oxygens (including phenoxy) is 1. The normalized spacial score (nSPS) is 15.1. The Morgan fingerprint density at radius 1 is 1.09 bits per heavy atom. The highest BCUT2D eigenvalue weighted by atomic mass is 35.5. The largest absolute Gasteiger partial charge is 0.481 e. The lowest BCUT2D eigenvalue weighted by atomic mass is 9.95. The number of nitrogens with zero attached hydrogens (tertiary/aromatic N) is 1. The Morgan fingerprint density at radius 2 is 1.75 bits per heavy atom. The summed E-state index contributed by atoms with van der Waals surface area (Å²) in [5, 5.41) is 3.84. The van der Waals surface area contributed by atoms with Gasteiger partial charge in [-0.25, -0.2) is 4.39 Å². The molecule has 172 valence electrons. The smallest absolute Gasteiger partial charge is 0.261 e. The number of benzene rings is 2. The van der Waals surface area contributed by atoms with Crippen LogP contribution in [0.2, 0.25) is 10.0 Å². The number of para-hydroxylation sites is 1. The van der Waals surface area contributed by atoms with Crippen molar-refractivity contribution in [3.63, 3.8) is 0 Å². The van der Waals surface area contributed by atoms with Crippen molar-refractivity contribution in [2.75, 3.05) is 6.61 Å². The second-order valence-corrected chi connectivity index (χ2v) is 8.77.